The third kappa shape index (κ3) is 2.57. The Morgan fingerprint density at radius 3 is 2.85 bits per heavy atom. The van der Waals surface area contributed by atoms with E-state index in [2.05, 4.69) is 10.2 Å². The molecule has 0 aliphatic carbocycles. The van der Waals surface area contributed by atoms with Gasteiger partial charge in [0.25, 0.3) is 0 Å². The summed E-state index contributed by atoms with van der Waals surface area (Å²) in [7, 11) is 0. The lowest BCUT2D eigenvalue weighted by molar-refractivity contribution is -0.119. The van der Waals surface area contributed by atoms with Crippen LogP contribution in [0.4, 0.5) is 0 Å². The molecule has 1 aliphatic rings. The Kier molecular flexibility index (Phi) is 3.50. The maximum atomic E-state index is 10.9. The van der Waals surface area contributed by atoms with Crippen molar-refractivity contribution in [1.29, 1.82) is 0 Å². The number of piperidine rings is 1. The number of carbonyl (C=O) groups is 1. The van der Waals surface area contributed by atoms with Gasteiger partial charge in [-0.2, -0.15) is 0 Å². The molecule has 20 heavy (non-hydrogen) atoms. The van der Waals surface area contributed by atoms with E-state index in [-0.39, 0.29) is 5.92 Å². The Hall–Kier alpha value is -2.17. The molecule has 0 radical (unpaired) electrons. The van der Waals surface area contributed by atoms with Crippen LogP contribution >= 0.6 is 0 Å². The van der Waals surface area contributed by atoms with Gasteiger partial charge in [-0.1, -0.05) is 17.7 Å². The number of rotatable bonds is 3. The summed E-state index contributed by atoms with van der Waals surface area (Å²) in [6.07, 6.45) is 2.86. The topological polar surface area (TPSA) is 59.2 Å². The van der Waals surface area contributed by atoms with E-state index in [4.69, 9.17) is 4.42 Å². The fraction of sp³-hybridized carbons (Fsp3) is 0.400. The van der Waals surface area contributed by atoms with Crippen molar-refractivity contribution in [1.82, 2.24) is 15.1 Å². The van der Waals surface area contributed by atoms with Crippen LogP contribution in [0.2, 0.25) is 0 Å². The molecule has 1 fully saturated rings. The van der Waals surface area contributed by atoms with Gasteiger partial charge in [0, 0.05) is 18.7 Å². The van der Waals surface area contributed by atoms with Crippen molar-refractivity contribution in [3.05, 3.63) is 35.7 Å². The molecule has 104 valence electrons. The molecule has 0 saturated carbocycles. The van der Waals surface area contributed by atoms with E-state index in [0.29, 0.717) is 18.3 Å². The molecule has 1 amide bonds. The lowest BCUT2D eigenvalue weighted by Gasteiger charge is -2.27. The van der Waals surface area contributed by atoms with Crippen molar-refractivity contribution < 1.29 is 9.21 Å². The second-order valence-electron chi connectivity index (χ2n) is 5.25. The molecular weight excluding hydrogens is 254 g/mol. The second kappa shape index (κ2) is 5.45. The molecular formula is C15H17N3O2. The summed E-state index contributed by atoms with van der Waals surface area (Å²) in [5, 5.41) is 8.27. The smallest absolute Gasteiger partial charge is 0.247 e. The number of aryl methyl sites for hydroxylation is 1. The Balaban J connectivity index is 1.79. The van der Waals surface area contributed by atoms with Gasteiger partial charge >= 0.3 is 0 Å². The van der Waals surface area contributed by atoms with E-state index in [9.17, 15) is 4.79 Å². The summed E-state index contributed by atoms with van der Waals surface area (Å²) in [5.74, 6) is 1.33. The summed E-state index contributed by atoms with van der Waals surface area (Å²) in [6.45, 7) is 3.52. The quantitative estimate of drug-likeness (QED) is 0.804. The highest BCUT2D eigenvalue weighted by Gasteiger charge is 2.25. The summed E-state index contributed by atoms with van der Waals surface area (Å²) < 4.78 is 5.78. The fourth-order valence-electron chi connectivity index (χ4n) is 2.52. The maximum Gasteiger partial charge on any atom is 0.247 e. The largest absolute Gasteiger partial charge is 0.420 e. The molecule has 1 atom stereocenters. The standard InChI is InChI=1S/C15H17N3O2/c1-11-4-6-12(7-5-11)14-16-17-15(20-14)13-3-2-8-18(9-13)10-19/h4-7,10,13H,2-3,8-9H2,1H3/t13-/m0/s1. The summed E-state index contributed by atoms with van der Waals surface area (Å²) in [6, 6.07) is 8.00. The zero-order chi connectivity index (χ0) is 13.9. The SMILES string of the molecule is Cc1ccc(-c2nnc([C@H]3CCCN(C=O)C3)o2)cc1. The number of nitrogens with zero attached hydrogens (tertiary/aromatic N) is 3. The average molecular weight is 271 g/mol. The second-order valence-corrected chi connectivity index (χ2v) is 5.25. The molecule has 1 aromatic heterocycles. The van der Waals surface area contributed by atoms with E-state index in [1.165, 1.54) is 5.56 Å². The molecule has 0 unspecified atom stereocenters. The summed E-state index contributed by atoms with van der Waals surface area (Å²) in [4.78, 5) is 12.6. The number of hydrogen-bond donors (Lipinski definition) is 0. The molecule has 0 bridgehead atoms. The molecule has 0 spiro atoms. The minimum absolute atomic E-state index is 0.153. The van der Waals surface area contributed by atoms with Crippen molar-refractivity contribution >= 4 is 6.41 Å². The zero-order valence-electron chi connectivity index (χ0n) is 11.5. The predicted octanol–water partition coefficient (Wildman–Crippen LogP) is 2.38. The van der Waals surface area contributed by atoms with Crippen LogP contribution in [0, 0.1) is 6.92 Å². The highest BCUT2D eigenvalue weighted by atomic mass is 16.4. The molecule has 5 nitrogen and oxygen atoms in total. The highest BCUT2D eigenvalue weighted by Crippen LogP contribution is 2.27. The van der Waals surface area contributed by atoms with Crippen molar-refractivity contribution in [3.8, 4) is 11.5 Å². The monoisotopic (exact) mass is 271 g/mol. The lowest BCUT2D eigenvalue weighted by Crippen LogP contribution is -2.33. The Morgan fingerprint density at radius 2 is 2.10 bits per heavy atom. The molecule has 0 N–H and O–H groups in total. The Labute approximate surface area is 117 Å². The molecule has 1 aromatic carbocycles. The van der Waals surface area contributed by atoms with E-state index in [1.807, 2.05) is 31.2 Å². The minimum atomic E-state index is 0.153. The van der Waals surface area contributed by atoms with E-state index < -0.39 is 0 Å². The van der Waals surface area contributed by atoms with Gasteiger partial charge in [0.15, 0.2) is 0 Å². The van der Waals surface area contributed by atoms with E-state index >= 15 is 0 Å². The number of hydrogen-bond acceptors (Lipinski definition) is 4. The number of likely N-dealkylation sites (tertiary alicyclic amines) is 1. The fourth-order valence-corrected chi connectivity index (χ4v) is 2.52. The van der Waals surface area contributed by atoms with Crippen LogP contribution in [0.5, 0.6) is 0 Å². The molecule has 3 rings (SSSR count). The number of carbonyl (C=O) groups excluding carboxylic acids is 1. The van der Waals surface area contributed by atoms with E-state index in [0.717, 1.165) is 31.4 Å². The van der Waals surface area contributed by atoms with Gasteiger partial charge in [0.1, 0.15) is 0 Å². The van der Waals surface area contributed by atoms with Crippen LogP contribution in [0.1, 0.15) is 30.2 Å². The third-order valence-corrected chi connectivity index (χ3v) is 3.69. The minimum Gasteiger partial charge on any atom is -0.420 e. The average Bonchev–Trinajstić information content (AvgIpc) is 2.98. The molecule has 2 aromatic rings. The lowest BCUT2D eigenvalue weighted by atomic mass is 9.98. The van der Waals surface area contributed by atoms with Gasteiger partial charge in [-0.05, 0) is 31.9 Å². The van der Waals surface area contributed by atoms with Gasteiger partial charge in [0.05, 0.1) is 5.92 Å². The first-order valence-corrected chi connectivity index (χ1v) is 6.86. The van der Waals surface area contributed by atoms with Crippen LogP contribution in [0.25, 0.3) is 11.5 Å². The highest BCUT2D eigenvalue weighted by molar-refractivity contribution is 5.53. The van der Waals surface area contributed by atoms with Gasteiger partial charge in [-0.3, -0.25) is 4.79 Å². The van der Waals surface area contributed by atoms with Gasteiger partial charge in [-0.25, -0.2) is 0 Å². The Bertz CT molecular complexity index is 591. The van der Waals surface area contributed by atoms with Gasteiger partial charge in [0.2, 0.25) is 18.2 Å². The summed E-state index contributed by atoms with van der Waals surface area (Å²) in [5.41, 5.74) is 2.12. The first-order chi connectivity index (χ1) is 9.76. The molecule has 1 aliphatic heterocycles. The van der Waals surface area contributed by atoms with E-state index in [1.54, 1.807) is 4.90 Å². The van der Waals surface area contributed by atoms with Crippen LogP contribution in [-0.4, -0.2) is 34.6 Å². The van der Waals surface area contributed by atoms with Crippen molar-refractivity contribution in [2.45, 2.75) is 25.7 Å². The van der Waals surface area contributed by atoms with Crippen LogP contribution < -0.4 is 0 Å². The first-order valence-electron chi connectivity index (χ1n) is 6.86. The Morgan fingerprint density at radius 1 is 1.30 bits per heavy atom. The van der Waals surface area contributed by atoms with Gasteiger partial charge in [-0.15, -0.1) is 10.2 Å². The van der Waals surface area contributed by atoms with Crippen LogP contribution in [0.15, 0.2) is 28.7 Å². The van der Waals surface area contributed by atoms with Gasteiger partial charge < -0.3 is 9.32 Å². The molecule has 2 heterocycles. The van der Waals surface area contributed by atoms with Crippen molar-refractivity contribution in [2.75, 3.05) is 13.1 Å². The number of amides is 1. The third-order valence-electron chi connectivity index (χ3n) is 3.69. The molecule has 5 heteroatoms. The maximum absolute atomic E-state index is 10.9. The normalized spacial score (nSPS) is 19.1. The number of aromatic nitrogens is 2. The van der Waals surface area contributed by atoms with Crippen molar-refractivity contribution in [3.63, 3.8) is 0 Å². The van der Waals surface area contributed by atoms with Crippen LogP contribution in [-0.2, 0) is 4.79 Å². The zero-order valence-corrected chi connectivity index (χ0v) is 11.5. The van der Waals surface area contributed by atoms with Crippen LogP contribution in [0.3, 0.4) is 0 Å². The molecule has 1 saturated heterocycles. The summed E-state index contributed by atoms with van der Waals surface area (Å²) >= 11 is 0. The predicted molar refractivity (Wildman–Crippen MR) is 74.1 cm³/mol. The number of benzene rings is 1. The first kappa shape index (κ1) is 12.8. The van der Waals surface area contributed by atoms with Crippen molar-refractivity contribution in [2.24, 2.45) is 0 Å².